The third kappa shape index (κ3) is 3.30. The van der Waals surface area contributed by atoms with Gasteiger partial charge in [0.1, 0.15) is 29.7 Å². The first-order valence-corrected chi connectivity index (χ1v) is 8.58. The molecule has 2 N–H and O–H groups in total. The van der Waals surface area contributed by atoms with Gasteiger partial charge in [-0.15, -0.1) is 0 Å². The van der Waals surface area contributed by atoms with Crippen LogP contribution in [0.15, 0.2) is 48.5 Å². The molecule has 0 atom stereocenters. The maximum absolute atomic E-state index is 9.85. The largest absolute Gasteiger partial charge is 0.497 e. The van der Waals surface area contributed by atoms with Gasteiger partial charge < -0.3 is 15.2 Å². The van der Waals surface area contributed by atoms with E-state index in [1.165, 1.54) is 0 Å². The predicted molar refractivity (Wildman–Crippen MR) is 109 cm³/mol. The molecule has 3 aromatic rings. The van der Waals surface area contributed by atoms with Crippen LogP contribution >= 0.6 is 0 Å². The van der Waals surface area contributed by atoms with Crippen molar-refractivity contribution in [1.82, 2.24) is 0 Å². The molecule has 140 valence electrons. The van der Waals surface area contributed by atoms with Gasteiger partial charge in [0.15, 0.2) is 0 Å². The van der Waals surface area contributed by atoms with Crippen molar-refractivity contribution in [2.45, 2.75) is 0 Å². The fraction of sp³-hybridized carbons (Fsp3) is 0.0870. The van der Waals surface area contributed by atoms with Gasteiger partial charge in [0.25, 0.3) is 0 Å². The molecule has 6 heteroatoms. The van der Waals surface area contributed by atoms with E-state index in [0.717, 1.165) is 0 Å². The zero-order valence-electron chi connectivity index (χ0n) is 15.9. The second kappa shape index (κ2) is 8.05. The van der Waals surface area contributed by atoms with Gasteiger partial charge in [0, 0.05) is 11.1 Å². The summed E-state index contributed by atoms with van der Waals surface area (Å²) in [7, 11) is 3.12. The summed E-state index contributed by atoms with van der Waals surface area (Å²) < 4.78 is 10.4. The van der Waals surface area contributed by atoms with Crippen LogP contribution in [0.25, 0.3) is 22.3 Å². The molecule has 3 rings (SSSR count). The maximum atomic E-state index is 9.85. The molecule has 0 radical (unpaired) electrons. The summed E-state index contributed by atoms with van der Waals surface area (Å²) in [4.78, 5) is 0. The monoisotopic (exact) mass is 380 g/mol. The zero-order chi connectivity index (χ0) is 21.0. The lowest BCUT2D eigenvalue weighted by atomic mass is 9.84. The van der Waals surface area contributed by atoms with E-state index in [1.54, 1.807) is 62.8 Å². The molecule has 0 saturated carbocycles. The lowest BCUT2D eigenvalue weighted by molar-refractivity contribution is 0.414. The van der Waals surface area contributed by atoms with Gasteiger partial charge in [-0.3, -0.25) is 0 Å². The number of nitrogens with zero attached hydrogens (tertiary/aromatic N) is 3. The van der Waals surface area contributed by atoms with Gasteiger partial charge in [0.2, 0.25) is 0 Å². The van der Waals surface area contributed by atoms with Crippen LogP contribution in [0.4, 0.5) is 5.69 Å². The minimum atomic E-state index is -0.00729. The van der Waals surface area contributed by atoms with Crippen LogP contribution in [-0.4, -0.2) is 14.2 Å². The first kappa shape index (κ1) is 19.3. The Labute approximate surface area is 168 Å². The molecule has 0 amide bonds. The van der Waals surface area contributed by atoms with Crippen molar-refractivity contribution in [2.75, 3.05) is 20.0 Å². The molecule has 0 aliphatic carbocycles. The van der Waals surface area contributed by atoms with Crippen molar-refractivity contribution < 1.29 is 9.47 Å². The Morgan fingerprint density at radius 1 is 0.621 bits per heavy atom. The summed E-state index contributed by atoms with van der Waals surface area (Å²) in [6.45, 7) is 0. The highest BCUT2D eigenvalue weighted by Gasteiger charge is 2.25. The van der Waals surface area contributed by atoms with E-state index in [9.17, 15) is 15.8 Å². The highest BCUT2D eigenvalue weighted by Crippen LogP contribution is 2.43. The number of rotatable bonds is 4. The number of nitrogens with two attached hydrogens (primary N) is 1. The van der Waals surface area contributed by atoms with Crippen LogP contribution in [0.3, 0.4) is 0 Å². The molecular weight excluding hydrogens is 364 g/mol. The summed E-state index contributed by atoms with van der Waals surface area (Å²) in [5.74, 6) is 1.30. The number of nitriles is 3. The second-order valence-corrected chi connectivity index (χ2v) is 6.08. The zero-order valence-corrected chi connectivity index (χ0v) is 15.9. The molecule has 0 aliphatic rings. The van der Waals surface area contributed by atoms with Gasteiger partial charge >= 0.3 is 0 Å². The summed E-state index contributed by atoms with van der Waals surface area (Å²) in [5, 5.41) is 29.3. The number of methoxy groups -OCH3 is 2. The molecule has 0 unspecified atom stereocenters. The third-order valence-corrected chi connectivity index (χ3v) is 4.63. The molecule has 0 fully saturated rings. The molecule has 0 spiro atoms. The molecule has 29 heavy (non-hydrogen) atoms. The number of hydrogen-bond acceptors (Lipinski definition) is 6. The summed E-state index contributed by atoms with van der Waals surface area (Å²) in [5.41, 5.74) is 8.71. The van der Waals surface area contributed by atoms with E-state index < -0.39 is 0 Å². The Balaban J connectivity index is 2.46. The highest BCUT2D eigenvalue weighted by molar-refractivity contribution is 5.97. The van der Waals surface area contributed by atoms with Gasteiger partial charge in [-0.25, -0.2) is 0 Å². The smallest absolute Gasteiger partial charge is 0.118 e. The van der Waals surface area contributed by atoms with Crippen molar-refractivity contribution in [1.29, 1.82) is 15.8 Å². The minimum absolute atomic E-state index is 0.00497. The first-order valence-electron chi connectivity index (χ1n) is 8.58. The van der Waals surface area contributed by atoms with Crippen LogP contribution in [0.2, 0.25) is 0 Å². The van der Waals surface area contributed by atoms with E-state index in [1.807, 2.05) is 6.07 Å². The predicted octanol–water partition coefficient (Wildman–Crippen LogP) is 4.24. The van der Waals surface area contributed by atoms with E-state index in [2.05, 4.69) is 12.1 Å². The lowest BCUT2D eigenvalue weighted by Crippen LogP contribution is -2.04. The van der Waals surface area contributed by atoms with Crippen LogP contribution in [0.5, 0.6) is 11.5 Å². The number of benzene rings is 3. The molecular formula is C23H16N4O2. The maximum Gasteiger partial charge on any atom is 0.118 e. The SMILES string of the molecule is COc1ccc(-c2c(C#N)c(N)c(C#N)c(C#N)c2-c2ccc(OC)cc2)cc1. The van der Waals surface area contributed by atoms with Crippen molar-refractivity contribution >= 4 is 5.69 Å². The third-order valence-electron chi connectivity index (χ3n) is 4.63. The Kier molecular flexibility index (Phi) is 5.35. The van der Waals surface area contributed by atoms with Crippen LogP contribution in [0, 0.1) is 34.0 Å². The van der Waals surface area contributed by atoms with E-state index in [0.29, 0.717) is 33.8 Å². The fourth-order valence-electron chi connectivity index (χ4n) is 3.21. The highest BCUT2D eigenvalue weighted by atomic mass is 16.5. The standard InChI is InChI=1S/C23H16N4O2/c1-28-16-7-3-14(4-8-16)21-18(11-24)19(12-25)23(27)20(13-26)22(21)15-5-9-17(29-2)10-6-15/h3-10H,27H2,1-2H3. The first-order chi connectivity index (χ1) is 14.1. The van der Waals surface area contributed by atoms with Gasteiger partial charge in [-0.2, -0.15) is 15.8 Å². The van der Waals surface area contributed by atoms with Crippen molar-refractivity contribution in [3.05, 3.63) is 65.2 Å². The van der Waals surface area contributed by atoms with Gasteiger partial charge in [-0.05, 0) is 35.4 Å². The Hall–Kier alpha value is -4.47. The molecule has 0 saturated heterocycles. The number of anilines is 1. The second-order valence-electron chi connectivity index (χ2n) is 6.08. The number of hydrogen-bond donors (Lipinski definition) is 1. The lowest BCUT2D eigenvalue weighted by Gasteiger charge is -2.18. The van der Waals surface area contributed by atoms with Gasteiger partial charge in [0.05, 0.1) is 36.6 Å². The topological polar surface area (TPSA) is 116 Å². The molecule has 6 nitrogen and oxygen atoms in total. The Morgan fingerprint density at radius 2 is 1.00 bits per heavy atom. The Bertz CT molecular complexity index is 1190. The normalized spacial score (nSPS) is 9.76. The van der Waals surface area contributed by atoms with E-state index in [4.69, 9.17) is 15.2 Å². The number of ether oxygens (including phenoxy) is 2. The molecule has 3 aromatic carbocycles. The van der Waals surface area contributed by atoms with E-state index in [-0.39, 0.29) is 22.4 Å². The average Bonchev–Trinajstić information content (AvgIpc) is 2.78. The molecule has 0 bridgehead atoms. The van der Waals surface area contributed by atoms with Crippen molar-refractivity contribution in [3.8, 4) is 52.0 Å². The number of nitrogen functional groups attached to an aromatic ring is 1. The minimum Gasteiger partial charge on any atom is -0.497 e. The van der Waals surface area contributed by atoms with Crippen LogP contribution < -0.4 is 15.2 Å². The summed E-state index contributed by atoms with van der Waals surface area (Å²) in [6, 6.07) is 20.3. The van der Waals surface area contributed by atoms with Gasteiger partial charge in [-0.1, -0.05) is 24.3 Å². The quantitative estimate of drug-likeness (QED) is 0.677. The Morgan fingerprint density at radius 3 is 1.34 bits per heavy atom. The average molecular weight is 380 g/mol. The van der Waals surface area contributed by atoms with E-state index >= 15 is 0 Å². The molecule has 0 aliphatic heterocycles. The van der Waals surface area contributed by atoms with Crippen molar-refractivity contribution in [3.63, 3.8) is 0 Å². The molecule has 0 heterocycles. The van der Waals surface area contributed by atoms with Crippen molar-refractivity contribution in [2.24, 2.45) is 0 Å². The fourth-order valence-corrected chi connectivity index (χ4v) is 3.21. The van der Waals surface area contributed by atoms with Crippen LogP contribution in [0.1, 0.15) is 16.7 Å². The van der Waals surface area contributed by atoms with Crippen LogP contribution in [-0.2, 0) is 0 Å². The summed E-state index contributed by atoms with van der Waals surface area (Å²) >= 11 is 0. The summed E-state index contributed by atoms with van der Waals surface area (Å²) in [6.07, 6.45) is 0. The molecule has 0 aromatic heterocycles.